The number of hydrogen-bond donors (Lipinski definition) is 2. The van der Waals surface area contributed by atoms with E-state index in [2.05, 4.69) is 6.92 Å². The highest BCUT2D eigenvalue weighted by molar-refractivity contribution is 6.30. The second kappa shape index (κ2) is 11.2. The Kier molecular flexibility index (Phi) is 8.31. The van der Waals surface area contributed by atoms with Crippen LogP contribution in [0, 0.1) is 0 Å². The molecule has 1 aromatic heterocycles. The Morgan fingerprint density at radius 3 is 2.56 bits per heavy atom. The van der Waals surface area contributed by atoms with Crippen molar-refractivity contribution in [3.8, 4) is 28.3 Å². The van der Waals surface area contributed by atoms with Crippen LogP contribution in [0.25, 0.3) is 22.5 Å². The molecule has 170 valence electrons. The van der Waals surface area contributed by atoms with Crippen LogP contribution in [0.15, 0.2) is 48.5 Å². The zero-order chi connectivity index (χ0) is 23.1. The van der Waals surface area contributed by atoms with Crippen molar-refractivity contribution >= 4 is 17.6 Å². The highest BCUT2D eigenvalue weighted by Crippen LogP contribution is 2.34. The highest BCUT2D eigenvalue weighted by atomic mass is 35.5. The van der Waals surface area contributed by atoms with Gasteiger partial charge in [0.2, 0.25) is 0 Å². The summed E-state index contributed by atoms with van der Waals surface area (Å²) in [4.78, 5) is 11.2. The second-order valence-corrected chi connectivity index (χ2v) is 8.21. The summed E-state index contributed by atoms with van der Waals surface area (Å²) in [5.74, 6) is -0.231. The van der Waals surface area contributed by atoms with Crippen molar-refractivity contribution in [3.05, 3.63) is 59.1 Å². The molecule has 0 fully saturated rings. The van der Waals surface area contributed by atoms with Crippen LogP contribution in [-0.4, -0.2) is 38.7 Å². The van der Waals surface area contributed by atoms with Gasteiger partial charge in [0.15, 0.2) is 0 Å². The van der Waals surface area contributed by atoms with E-state index in [1.54, 1.807) is 10.7 Å². The molecule has 0 saturated heterocycles. The lowest BCUT2D eigenvalue weighted by Crippen LogP contribution is -2.16. The number of aliphatic carboxylic acids is 1. The van der Waals surface area contributed by atoms with Crippen molar-refractivity contribution in [2.24, 2.45) is 0 Å². The lowest BCUT2D eigenvalue weighted by molar-refractivity contribution is -0.136. The molecule has 0 spiro atoms. The number of rotatable bonds is 11. The van der Waals surface area contributed by atoms with E-state index < -0.39 is 12.1 Å². The van der Waals surface area contributed by atoms with Crippen molar-refractivity contribution in [1.29, 1.82) is 0 Å². The van der Waals surface area contributed by atoms with Gasteiger partial charge in [0.1, 0.15) is 5.75 Å². The summed E-state index contributed by atoms with van der Waals surface area (Å²) in [5.41, 5.74) is 3.84. The van der Waals surface area contributed by atoms with Gasteiger partial charge < -0.3 is 14.9 Å². The first-order chi connectivity index (χ1) is 15.4. The monoisotopic (exact) mass is 456 g/mol. The molecule has 3 rings (SSSR count). The fourth-order valence-electron chi connectivity index (χ4n) is 3.38. The van der Waals surface area contributed by atoms with Crippen LogP contribution in [0.1, 0.15) is 38.7 Å². The fourth-order valence-corrected chi connectivity index (χ4v) is 3.51. The number of hydrogen-bond acceptors (Lipinski definition) is 4. The number of carboxylic acids is 1. The molecule has 32 heavy (non-hydrogen) atoms. The van der Waals surface area contributed by atoms with Gasteiger partial charge in [0, 0.05) is 10.6 Å². The van der Waals surface area contributed by atoms with Crippen LogP contribution >= 0.6 is 11.6 Å². The molecule has 2 aromatic carbocycles. The predicted molar refractivity (Wildman–Crippen MR) is 126 cm³/mol. The average Bonchev–Trinajstić information content (AvgIpc) is 3.18. The van der Waals surface area contributed by atoms with E-state index in [1.807, 2.05) is 49.4 Å². The second-order valence-electron chi connectivity index (χ2n) is 7.77. The lowest BCUT2D eigenvalue weighted by Gasteiger charge is -2.12. The lowest BCUT2D eigenvalue weighted by atomic mass is 10.0. The molecule has 0 saturated carbocycles. The zero-order valence-corrected chi connectivity index (χ0v) is 19.2. The maximum Gasteiger partial charge on any atom is 0.307 e. The largest absolute Gasteiger partial charge is 0.493 e. The van der Waals surface area contributed by atoms with Gasteiger partial charge in [-0.1, -0.05) is 50.1 Å². The summed E-state index contributed by atoms with van der Waals surface area (Å²) in [6.07, 6.45) is 1.92. The van der Waals surface area contributed by atoms with Gasteiger partial charge >= 0.3 is 5.97 Å². The number of carbonyl (C=O) groups is 1. The standard InChI is InChI=1S/C25H29ClN2O4/c1-3-5-12-32-24-11-6-17(14-25(30)31)13-21(24)22-15-23(18-7-9-19(26)10-8-18)28(27-22)16-20(29)4-2/h6-11,13,15,20,29H,3-5,12,14,16H2,1-2H3,(H,30,31). The third-order valence-corrected chi connectivity index (χ3v) is 5.46. The Hall–Kier alpha value is -2.83. The van der Waals surface area contributed by atoms with Gasteiger partial charge in [-0.3, -0.25) is 9.48 Å². The first-order valence-electron chi connectivity index (χ1n) is 10.9. The first kappa shape index (κ1) is 23.8. The van der Waals surface area contributed by atoms with Crippen LogP contribution in [0.5, 0.6) is 5.75 Å². The summed E-state index contributed by atoms with van der Waals surface area (Å²) >= 11 is 6.06. The summed E-state index contributed by atoms with van der Waals surface area (Å²) < 4.78 is 7.79. The molecule has 0 bridgehead atoms. The number of aliphatic hydroxyl groups is 1. The van der Waals surface area contributed by atoms with E-state index in [0.717, 1.165) is 29.7 Å². The quantitative estimate of drug-likeness (QED) is 0.375. The molecule has 0 aliphatic carbocycles. The van der Waals surface area contributed by atoms with E-state index >= 15 is 0 Å². The van der Waals surface area contributed by atoms with E-state index in [9.17, 15) is 15.0 Å². The van der Waals surface area contributed by atoms with Crippen molar-refractivity contribution in [2.75, 3.05) is 6.61 Å². The SMILES string of the molecule is CCCCOc1ccc(CC(=O)O)cc1-c1cc(-c2ccc(Cl)cc2)n(CC(O)CC)n1. The molecule has 0 aliphatic heterocycles. The third kappa shape index (κ3) is 6.11. The predicted octanol–water partition coefficient (Wildman–Crippen LogP) is 5.45. The minimum atomic E-state index is -0.894. The molecule has 2 N–H and O–H groups in total. The zero-order valence-electron chi connectivity index (χ0n) is 18.4. The maximum atomic E-state index is 11.2. The molecule has 0 amide bonds. The molecule has 1 heterocycles. The number of halogens is 1. The Morgan fingerprint density at radius 1 is 1.16 bits per heavy atom. The third-order valence-electron chi connectivity index (χ3n) is 5.21. The summed E-state index contributed by atoms with van der Waals surface area (Å²) in [7, 11) is 0. The molecular formula is C25H29ClN2O4. The normalized spacial score (nSPS) is 12.0. The Labute approximate surface area is 193 Å². The number of carboxylic acid groups (broad SMARTS) is 1. The van der Waals surface area contributed by atoms with E-state index in [1.165, 1.54) is 0 Å². The fraction of sp³-hybridized carbons (Fsp3) is 0.360. The van der Waals surface area contributed by atoms with Gasteiger partial charge in [0.05, 0.1) is 37.1 Å². The Morgan fingerprint density at radius 2 is 1.91 bits per heavy atom. The van der Waals surface area contributed by atoms with Gasteiger partial charge in [-0.2, -0.15) is 5.10 Å². The van der Waals surface area contributed by atoms with E-state index in [-0.39, 0.29) is 6.42 Å². The van der Waals surface area contributed by atoms with Crippen molar-refractivity contribution in [2.45, 2.75) is 52.2 Å². The molecule has 1 unspecified atom stereocenters. The van der Waals surface area contributed by atoms with Crippen LogP contribution < -0.4 is 4.74 Å². The summed E-state index contributed by atoms with van der Waals surface area (Å²) in [5, 5.41) is 24.9. The maximum absolute atomic E-state index is 11.2. The number of nitrogens with zero attached hydrogens (tertiary/aromatic N) is 2. The van der Waals surface area contributed by atoms with Crippen molar-refractivity contribution < 1.29 is 19.7 Å². The number of benzene rings is 2. The minimum Gasteiger partial charge on any atom is -0.493 e. The molecule has 3 aromatic rings. The van der Waals surface area contributed by atoms with Crippen LogP contribution in [0.3, 0.4) is 0 Å². The number of unbranched alkanes of at least 4 members (excludes halogenated alkanes) is 1. The Bertz CT molecular complexity index is 1050. The Balaban J connectivity index is 2.08. The molecule has 0 radical (unpaired) electrons. The van der Waals surface area contributed by atoms with Crippen molar-refractivity contribution in [1.82, 2.24) is 9.78 Å². The number of aliphatic hydroxyl groups excluding tert-OH is 1. The first-order valence-corrected chi connectivity index (χ1v) is 11.3. The van der Waals surface area contributed by atoms with E-state index in [0.29, 0.717) is 41.6 Å². The van der Waals surface area contributed by atoms with E-state index in [4.69, 9.17) is 21.4 Å². The molecular weight excluding hydrogens is 428 g/mol. The summed E-state index contributed by atoms with van der Waals surface area (Å²) in [6, 6.07) is 14.8. The van der Waals surface area contributed by atoms with Crippen LogP contribution in [0.4, 0.5) is 0 Å². The molecule has 1 atom stereocenters. The topological polar surface area (TPSA) is 84.6 Å². The van der Waals surface area contributed by atoms with Gasteiger partial charge in [-0.25, -0.2) is 0 Å². The average molecular weight is 457 g/mol. The summed E-state index contributed by atoms with van der Waals surface area (Å²) in [6.45, 7) is 4.93. The van der Waals surface area contributed by atoms with Crippen LogP contribution in [0.2, 0.25) is 5.02 Å². The highest BCUT2D eigenvalue weighted by Gasteiger charge is 2.18. The molecule has 0 aliphatic rings. The van der Waals surface area contributed by atoms with Gasteiger partial charge in [0.25, 0.3) is 0 Å². The number of aromatic nitrogens is 2. The van der Waals surface area contributed by atoms with Gasteiger partial charge in [-0.05, 0) is 54.3 Å². The van der Waals surface area contributed by atoms with Crippen molar-refractivity contribution in [3.63, 3.8) is 0 Å². The minimum absolute atomic E-state index is 0.0818. The number of ether oxygens (including phenoxy) is 1. The molecule has 6 nitrogen and oxygen atoms in total. The van der Waals surface area contributed by atoms with Gasteiger partial charge in [-0.15, -0.1) is 0 Å². The van der Waals surface area contributed by atoms with Crippen LogP contribution in [-0.2, 0) is 17.8 Å². The smallest absolute Gasteiger partial charge is 0.307 e. The molecule has 7 heteroatoms.